The summed E-state index contributed by atoms with van der Waals surface area (Å²) in [4.78, 5) is 0. The van der Waals surface area contributed by atoms with Gasteiger partial charge in [0.2, 0.25) is 0 Å². The molecule has 0 saturated carbocycles. The molecule has 1 unspecified atom stereocenters. The molecule has 1 aromatic rings. The van der Waals surface area contributed by atoms with E-state index in [4.69, 9.17) is 5.84 Å². The molecule has 0 radical (unpaired) electrons. The van der Waals surface area contributed by atoms with E-state index >= 15 is 0 Å². The average Bonchev–Trinajstić information content (AvgIpc) is 2.27. The lowest BCUT2D eigenvalue weighted by Crippen LogP contribution is -2.29. The van der Waals surface area contributed by atoms with Gasteiger partial charge in [-0.1, -0.05) is 15.9 Å². The van der Waals surface area contributed by atoms with Gasteiger partial charge in [-0.05, 0) is 59.2 Å². The lowest BCUT2D eigenvalue weighted by molar-refractivity contribution is 0.505. The highest BCUT2D eigenvalue weighted by molar-refractivity contribution is 14.1. The van der Waals surface area contributed by atoms with Gasteiger partial charge >= 0.3 is 0 Å². The molecule has 0 fully saturated rings. The number of hydrogen-bond donors (Lipinski definition) is 2. The molecule has 0 amide bonds. The maximum atomic E-state index is 11.1. The largest absolute Gasteiger partial charge is 0.271 e. The maximum Gasteiger partial charge on any atom is 0.147 e. The van der Waals surface area contributed by atoms with Crippen LogP contribution in [0.15, 0.2) is 22.7 Å². The molecule has 1 atom stereocenters. The molecule has 0 aliphatic heterocycles. The van der Waals surface area contributed by atoms with Gasteiger partial charge in [0.25, 0.3) is 0 Å². The van der Waals surface area contributed by atoms with E-state index in [1.807, 2.05) is 18.2 Å². The molecule has 0 bridgehead atoms. The van der Waals surface area contributed by atoms with Crippen LogP contribution >= 0.6 is 38.5 Å². The third-order valence-corrected chi connectivity index (χ3v) is 5.05. The monoisotopic (exact) mass is 446 g/mol. The van der Waals surface area contributed by atoms with Crippen LogP contribution in [-0.2, 0) is 9.84 Å². The fourth-order valence-corrected chi connectivity index (χ4v) is 3.44. The van der Waals surface area contributed by atoms with Crippen LogP contribution in [0.1, 0.15) is 24.4 Å². The molecule has 18 heavy (non-hydrogen) atoms. The summed E-state index contributed by atoms with van der Waals surface area (Å²) in [5, 5.41) is 0. The summed E-state index contributed by atoms with van der Waals surface area (Å²) in [6, 6.07) is 5.94. The van der Waals surface area contributed by atoms with Gasteiger partial charge in [-0.15, -0.1) is 0 Å². The third-order valence-electron chi connectivity index (χ3n) is 2.54. The van der Waals surface area contributed by atoms with E-state index in [0.717, 1.165) is 13.6 Å². The fourth-order valence-electron chi connectivity index (χ4n) is 1.66. The maximum absolute atomic E-state index is 11.1. The van der Waals surface area contributed by atoms with Crippen LogP contribution in [0.5, 0.6) is 0 Å². The lowest BCUT2D eigenvalue weighted by atomic mass is 10.0. The van der Waals surface area contributed by atoms with E-state index in [2.05, 4.69) is 43.9 Å². The zero-order chi connectivity index (χ0) is 13.8. The van der Waals surface area contributed by atoms with Crippen LogP contribution in [0.3, 0.4) is 0 Å². The van der Waals surface area contributed by atoms with Crippen molar-refractivity contribution >= 4 is 48.4 Å². The number of nitrogens with one attached hydrogen (secondary N) is 1. The SMILES string of the molecule is CS(=O)(=O)CCCC(NN)c1cc(Br)ccc1I. The van der Waals surface area contributed by atoms with E-state index in [-0.39, 0.29) is 11.8 Å². The van der Waals surface area contributed by atoms with Gasteiger partial charge < -0.3 is 0 Å². The van der Waals surface area contributed by atoms with E-state index < -0.39 is 9.84 Å². The van der Waals surface area contributed by atoms with Crippen molar-refractivity contribution in [3.05, 3.63) is 31.8 Å². The molecule has 0 aromatic heterocycles. The van der Waals surface area contributed by atoms with Crippen molar-refractivity contribution in [3.63, 3.8) is 0 Å². The number of hydrogen-bond acceptors (Lipinski definition) is 4. The molecule has 0 heterocycles. The minimum absolute atomic E-state index is 0.0313. The smallest absolute Gasteiger partial charge is 0.147 e. The van der Waals surface area contributed by atoms with Crippen molar-refractivity contribution in [3.8, 4) is 0 Å². The Morgan fingerprint density at radius 2 is 2.17 bits per heavy atom. The Labute approximate surface area is 130 Å². The molecule has 102 valence electrons. The Morgan fingerprint density at radius 3 is 2.72 bits per heavy atom. The highest BCUT2D eigenvalue weighted by Crippen LogP contribution is 2.26. The van der Waals surface area contributed by atoms with Crippen LogP contribution in [-0.4, -0.2) is 20.4 Å². The summed E-state index contributed by atoms with van der Waals surface area (Å²) in [6.07, 6.45) is 2.53. The van der Waals surface area contributed by atoms with Crippen molar-refractivity contribution in [1.29, 1.82) is 0 Å². The Hall–Kier alpha value is 0.300. The summed E-state index contributed by atoms with van der Waals surface area (Å²) in [5.74, 6) is 5.75. The summed E-state index contributed by atoms with van der Waals surface area (Å²) in [6.45, 7) is 0. The standard InChI is InChI=1S/C11H16BrIN2O2S/c1-18(16,17)6-2-3-11(15-14)9-7-8(12)4-5-10(9)13/h4-5,7,11,15H,2-3,6,14H2,1H3. The topological polar surface area (TPSA) is 72.2 Å². The molecule has 0 saturated heterocycles. The van der Waals surface area contributed by atoms with Crippen LogP contribution in [0.25, 0.3) is 0 Å². The zero-order valence-electron chi connectivity index (χ0n) is 9.99. The second kappa shape index (κ2) is 7.18. The first-order chi connectivity index (χ1) is 8.33. The molecule has 0 aliphatic carbocycles. The summed E-state index contributed by atoms with van der Waals surface area (Å²) in [5.41, 5.74) is 3.84. The van der Waals surface area contributed by atoms with E-state index in [0.29, 0.717) is 12.8 Å². The van der Waals surface area contributed by atoms with E-state index in [1.165, 1.54) is 6.26 Å². The first-order valence-corrected chi connectivity index (χ1v) is 9.35. The molecule has 3 N–H and O–H groups in total. The van der Waals surface area contributed by atoms with Gasteiger partial charge in [0.1, 0.15) is 9.84 Å². The lowest BCUT2D eigenvalue weighted by Gasteiger charge is -2.18. The van der Waals surface area contributed by atoms with Crippen molar-refractivity contribution in [1.82, 2.24) is 5.43 Å². The number of nitrogens with two attached hydrogens (primary N) is 1. The minimum Gasteiger partial charge on any atom is -0.271 e. The molecular formula is C11H16BrIN2O2S. The Morgan fingerprint density at radius 1 is 1.50 bits per heavy atom. The zero-order valence-corrected chi connectivity index (χ0v) is 14.5. The quantitative estimate of drug-likeness (QED) is 0.399. The first-order valence-electron chi connectivity index (χ1n) is 5.42. The Balaban J connectivity index is 2.74. The van der Waals surface area contributed by atoms with Crippen molar-refractivity contribution in [2.24, 2.45) is 5.84 Å². The number of halogens is 2. The number of rotatable bonds is 6. The Kier molecular flexibility index (Phi) is 6.52. The van der Waals surface area contributed by atoms with Crippen molar-refractivity contribution in [2.75, 3.05) is 12.0 Å². The number of hydrazine groups is 1. The van der Waals surface area contributed by atoms with Crippen LogP contribution in [0.2, 0.25) is 0 Å². The predicted molar refractivity (Wildman–Crippen MR) is 85.9 cm³/mol. The van der Waals surface area contributed by atoms with Crippen LogP contribution in [0.4, 0.5) is 0 Å². The van der Waals surface area contributed by atoms with Crippen LogP contribution in [0, 0.1) is 3.57 Å². The number of sulfone groups is 1. The summed E-state index contributed by atoms with van der Waals surface area (Å²) in [7, 11) is -2.91. The normalized spacial score (nSPS) is 13.6. The van der Waals surface area contributed by atoms with Gasteiger partial charge in [0.05, 0.1) is 0 Å². The highest BCUT2D eigenvalue weighted by atomic mass is 127. The van der Waals surface area contributed by atoms with E-state index in [9.17, 15) is 8.42 Å². The van der Waals surface area contributed by atoms with Crippen LogP contribution < -0.4 is 11.3 Å². The highest BCUT2D eigenvalue weighted by Gasteiger charge is 2.14. The Bertz CT molecular complexity index is 508. The molecule has 1 aromatic carbocycles. The number of benzene rings is 1. The van der Waals surface area contributed by atoms with Crippen molar-refractivity contribution in [2.45, 2.75) is 18.9 Å². The summed E-state index contributed by atoms with van der Waals surface area (Å²) >= 11 is 5.67. The molecule has 0 aliphatic rings. The molecule has 0 spiro atoms. The minimum atomic E-state index is -2.91. The van der Waals surface area contributed by atoms with E-state index in [1.54, 1.807) is 0 Å². The van der Waals surface area contributed by atoms with Gasteiger partial charge in [0, 0.05) is 26.1 Å². The van der Waals surface area contributed by atoms with Crippen molar-refractivity contribution < 1.29 is 8.42 Å². The second-order valence-corrected chi connectivity index (χ2v) is 8.49. The van der Waals surface area contributed by atoms with Gasteiger partial charge in [-0.3, -0.25) is 11.3 Å². The first kappa shape index (κ1) is 16.4. The third kappa shape index (κ3) is 5.52. The summed E-state index contributed by atoms with van der Waals surface area (Å²) < 4.78 is 24.3. The van der Waals surface area contributed by atoms with Gasteiger partial charge in [-0.2, -0.15) is 0 Å². The average molecular weight is 447 g/mol. The predicted octanol–water partition coefficient (Wildman–Crippen LogP) is 2.38. The molecule has 4 nitrogen and oxygen atoms in total. The second-order valence-electron chi connectivity index (χ2n) is 4.16. The molecular weight excluding hydrogens is 431 g/mol. The molecule has 1 rings (SSSR count). The fraction of sp³-hybridized carbons (Fsp3) is 0.455. The van der Waals surface area contributed by atoms with Gasteiger partial charge in [-0.25, -0.2) is 8.42 Å². The van der Waals surface area contributed by atoms with Gasteiger partial charge in [0.15, 0.2) is 0 Å². The molecule has 7 heteroatoms.